The summed E-state index contributed by atoms with van der Waals surface area (Å²) in [5.41, 5.74) is 1.02. The molecule has 0 bridgehead atoms. The van der Waals surface area contributed by atoms with Crippen molar-refractivity contribution in [3.63, 3.8) is 0 Å². The lowest BCUT2D eigenvalue weighted by Crippen LogP contribution is -2.38. The number of aryl methyl sites for hydroxylation is 1. The van der Waals surface area contributed by atoms with Gasteiger partial charge in [-0.15, -0.1) is 11.3 Å². The van der Waals surface area contributed by atoms with Gasteiger partial charge in [0.2, 0.25) is 0 Å². The highest BCUT2D eigenvalue weighted by atomic mass is 35.5. The summed E-state index contributed by atoms with van der Waals surface area (Å²) in [6.45, 7) is 2.93. The summed E-state index contributed by atoms with van der Waals surface area (Å²) in [6.07, 6.45) is -3.45. The van der Waals surface area contributed by atoms with Gasteiger partial charge in [0.15, 0.2) is 0 Å². The van der Waals surface area contributed by atoms with Crippen molar-refractivity contribution in [2.24, 2.45) is 0 Å². The quantitative estimate of drug-likeness (QED) is 0.443. The normalized spacial score (nSPS) is 14.7. The molecule has 184 valence electrons. The second kappa shape index (κ2) is 10.4. The van der Waals surface area contributed by atoms with Crippen LogP contribution in [-0.4, -0.2) is 34.8 Å². The number of halogens is 4. The zero-order valence-electron chi connectivity index (χ0n) is 18.9. The van der Waals surface area contributed by atoms with Gasteiger partial charge in [-0.05, 0) is 55.2 Å². The number of piperidine rings is 1. The maximum atomic E-state index is 13.3. The first-order chi connectivity index (χ1) is 16.6. The lowest BCUT2D eigenvalue weighted by Gasteiger charge is -2.31. The number of benzene rings is 2. The second-order valence-electron chi connectivity index (χ2n) is 8.43. The van der Waals surface area contributed by atoms with E-state index in [1.54, 1.807) is 11.4 Å². The summed E-state index contributed by atoms with van der Waals surface area (Å²) >= 11 is 7.35. The molecular formula is C25H23ClF3N3O2S. The highest BCUT2D eigenvalue weighted by Gasteiger charge is 2.36. The van der Waals surface area contributed by atoms with Crippen LogP contribution in [0.4, 0.5) is 13.2 Å². The van der Waals surface area contributed by atoms with Crippen molar-refractivity contribution >= 4 is 34.8 Å². The van der Waals surface area contributed by atoms with Crippen LogP contribution >= 0.6 is 22.9 Å². The molecule has 0 unspecified atom stereocenters. The van der Waals surface area contributed by atoms with Gasteiger partial charge in [-0.1, -0.05) is 29.8 Å². The molecule has 1 saturated heterocycles. The van der Waals surface area contributed by atoms with Gasteiger partial charge in [0.05, 0.1) is 16.1 Å². The van der Waals surface area contributed by atoms with E-state index in [1.807, 2.05) is 19.1 Å². The lowest BCUT2D eigenvalue weighted by atomic mass is 9.96. The largest absolute Gasteiger partial charge is 0.417 e. The van der Waals surface area contributed by atoms with Crippen LogP contribution in [0.1, 0.15) is 61.3 Å². The van der Waals surface area contributed by atoms with Gasteiger partial charge in [-0.25, -0.2) is 4.98 Å². The highest BCUT2D eigenvalue weighted by Crippen LogP contribution is 2.34. The minimum Gasteiger partial charge on any atom is -0.347 e. The number of carbonyl (C=O) groups is 2. The minimum absolute atomic E-state index is 0.0435. The number of hydrogen-bond acceptors (Lipinski definition) is 4. The van der Waals surface area contributed by atoms with Gasteiger partial charge in [0.1, 0.15) is 5.69 Å². The monoisotopic (exact) mass is 521 g/mol. The molecule has 2 aromatic carbocycles. The summed E-state index contributed by atoms with van der Waals surface area (Å²) in [4.78, 5) is 31.3. The third kappa shape index (κ3) is 5.85. The Morgan fingerprint density at radius 3 is 2.57 bits per heavy atom. The lowest BCUT2D eigenvalue weighted by molar-refractivity contribution is -0.138. The van der Waals surface area contributed by atoms with Gasteiger partial charge < -0.3 is 10.2 Å². The number of thiazole rings is 1. The van der Waals surface area contributed by atoms with Gasteiger partial charge in [-0.3, -0.25) is 9.59 Å². The predicted molar refractivity (Wildman–Crippen MR) is 129 cm³/mol. The number of nitrogens with one attached hydrogen (secondary N) is 1. The average Bonchev–Trinajstić information content (AvgIpc) is 3.33. The molecule has 0 atom stereocenters. The summed E-state index contributed by atoms with van der Waals surface area (Å²) in [7, 11) is 0. The summed E-state index contributed by atoms with van der Waals surface area (Å²) < 4.78 is 39.9. The number of nitrogens with zero attached hydrogens (tertiary/aromatic N) is 2. The number of amides is 2. The van der Waals surface area contributed by atoms with E-state index in [2.05, 4.69) is 10.3 Å². The van der Waals surface area contributed by atoms with Crippen molar-refractivity contribution in [2.45, 2.75) is 38.4 Å². The van der Waals surface area contributed by atoms with Crippen LogP contribution in [0.5, 0.6) is 0 Å². The van der Waals surface area contributed by atoms with Crippen molar-refractivity contribution in [2.75, 3.05) is 13.1 Å². The Bertz CT molecular complexity index is 1240. The fraction of sp³-hybridized carbons (Fsp3) is 0.320. The molecule has 0 saturated carbocycles. The molecule has 1 aliphatic rings. The molecule has 2 heterocycles. The van der Waals surface area contributed by atoms with E-state index in [1.165, 1.54) is 34.4 Å². The van der Waals surface area contributed by atoms with Gasteiger partial charge in [0.25, 0.3) is 11.8 Å². The number of alkyl halides is 3. The highest BCUT2D eigenvalue weighted by molar-refractivity contribution is 7.09. The molecular weight excluding hydrogens is 499 g/mol. The first-order valence-corrected chi connectivity index (χ1v) is 12.3. The van der Waals surface area contributed by atoms with Crippen molar-refractivity contribution in [1.29, 1.82) is 0 Å². The topological polar surface area (TPSA) is 62.3 Å². The number of carbonyl (C=O) groups excluding carboxylic acids is 2. The Morgan fingerprint density at radius 1 is 1.17 bits per heavy atom. The van der Waals surface area contributed by atoms with Gasteiger partial charge >= 0.3 is 6.18 Å². The van der Waals surface area contributed by atoms with Crippen LogP contribution in [0, 0.1) is 6.92 Å². The summed E-state index contributed by atoms with van der Waals surface area (Å²) in [5.74, 6) is -0.853. The third-order valence-corrected chi connectivity index (χ3v) is 7.34. The zero-order valence-corrected chi connectivity index (χ0v) is 20.4. The van der Waals surface area contributed by atoms with Crippen LogP contribution in [0.3, 0.4) is 0 Å². The number of likely N-dealkylation sites (tertiary alicyclic amines) is 1. The molecule has 3 aromatic rings. The Labute approximate surface area is 209 Å². The second-order valence-corrected chi connectivity index (χ2v) is 9.76. The van der Waals surface area contributed by atoms with Crippen molar-refractivity contribution < 1.29 is 22.8 Å². The van der Waals surface area contributed by atoms with Crippen LogP contribution in [0.2, 0.25) is 5.02 Å². The number of rotatable bonds is 5. The Balaban J connectivity index is 1.35. The smallest absolute Gasteiger partial charge is 0.347 e. The molecule has 1 aromatic heterocycles. The van der Waals surface area contributed by atoms with Crippen molar-refractivity contribution in [3.05, 3.63) is 85.8 Å². The maximum Gasteiger partial charge on any atom is 0.417 e. The standard InChI is InChI=1S/C25H23ClF3N3O2S/c1-15-12-18(26)7-6-17(15)13-30-22(33)21-14-35-23(31-21)16-8-10-32(11-9-16)24(34)19-4-2-3-5-20(19)25(27,28)29/h2-7,12,14,16H,8-11,13H2,1H3,(H,30,33). The molecule has 0 radical (unpaired) electrons. The Hall–Kier alpha value is -2.91. The molecule has 4 rings (SSSR count). The van der Waals surface area contributed by atoms with E-state index in [0.29, 0.717) is 43.2 Å². The minimum atomic E-state index is -4.59. The molecule has 1 fully saturated rings. The zero-order chi connectivity index (χ0) is 25.2. The fourth-order valence-corrected chi connectivity index (χ4v) is 5.32. The molecule has 0 spiro atoms. The van der Waals surface area contributed by atoms with E-state index in [-0.39, 0.29) is 17.4 Å². The van der Waals surface area contributed by atoms with Crippen LogP contribution in [0.25, 0.3) is 0 Å². The van der Waals surface area contributed by atoms with Crippen molar-refractivity contribution in [3.8, 4) is 0 Å². The van der Waals surface area contributed by atoms with E-state index >= 15 is 0 Å². The van der Waals surface area contributed by atoms with Gasteiger partial charge in [-0.2, -0.15) is 13.2 Å². The SMILES string of the molecule is Cc1cc(Cl)ccc1CNC(=O)c1csc(C2CCN(C(=O)c3ccccc3C(F)(F)F)CC2)n1. The molecule has 1 aliphatic heterocycles. The molecule has 0 aliphatic carbocycles. The van der Waals surface area contributed by atoms with Crippen molar-refractivity contribution in [1.82, 2.24) is 15.2 Å². The average molecular weight is 522 g/mol. The first-order valence-electron chi connectivity index (χ1n) is 11.1. The number of hydrogen-bond donors (Lipinski definition) is 1. The first kappa shape index (κ1) is 25.2. The molecule has 1 N–H and O–H groups in total. The maximum absolute atomic E-state index is 13.3. The third-order valence-electron chi connectivity index (χ3n) is 6.09. The molecule has 5 nitrogen and oxygen atoms in total. The summed E-state index contributed by atoms with van der Waals surface area (Å²) in [6, 6.07) is 10.3. The van der Waals surface area contributed by atoms with E-state index in [4.69, 9.17) is 11.6 Å². The van der Waals surface area contributed by atoms with E-state index in [9.17, 15) is 22.8 Å². The van der Waals surface area contributed by atoms with Crippen LogP contribution in [0.15, 0.2) is 47.8 Å². The molecule has 2 amide bonds. The fourth-order valence-electron chi connectivity index (χ4n) is 4.12. The van der Waals surface area contributed by atoms with E-state index < -0.39 is 17.6 Å². The molecule has 10 heteroatoms. The Morgan fingerprint density at radius 2 is 1.89 bits per heavy atom. The summed E-state index contributed by atoms with van der Waals surface area (Å²) in [5, 5.41) is 6.00. The Kier molecular flexibility index (Phi) is 7.47. The molecule has 35 heavy (non-hydrogen) atoms. The van der Waals surface area contributed by atoms with Crippen LogP contribution in [-0.2, 0) is 12.7 Å². The van der Waals surface area contributed by atoms with Gasteiger partial charge in [0, 0.05) is 36.0 Å². The van der Waals surface area contributed by atoms with E-state index in [0.717, 1.165) is 22.2 Å². The number of aromatic nitrogens is 1. The van der Waals surface area contributed by atoms with Crippen LogP contribution < -0.4 is 5.32 Å². The predicted octanol–water partition coefficient (Wildman–Crippen LogP) is 6.07.